The van der Waals surface area contributed by atoms with Crippen molar-refractivity contribution in [1.29, 1.82) is 0 Å². The smallest absolute Gasteiger partial charge is 0.305 e. The van der Waals surface area contributed by atoms with Gasteiger partial charge in [-0.05, 0) is 66.8 Å². The lowest BCUT2D eigenvalue weighted by atomic mass is 9.94. The average molecular weight is 706 g/mol. The molecular formula is C38H32ClN5O5S. The van der Waals surface area contributed by atoms with Gasteiger partial charge in [-0.15, -0.1) is 11.6 Å². The number of para-hydroxylation sites is 1. The van der Waals surface area contributed by atoms with Crippen LogP contribution in [0.3, 0.4) is 0 Å². The number of amides is 2. The fourth-order valence-electron chi connectivity index (χ4n) is 6.74. The number of aliphatic imine (C=N–C) groups is 1. The summed E-state index contributed by atoms with van der Waals surface area (Å²) in [4.78, 5) is 51.9. The SMILES string of the molecule is CCOC(=O)CCCSC1=Nc2cccc3c4c(cc(c23)O1)N(C(=O)c1cc2cc(NC(=O)c3cc5ccccc5[nH]3)ccc2[nH]1)C[C@H]4CCl. The summed E-state index contributed by atoms with van der Waals surface area (Å²) in [5.41, 5.74) is 5.70. The predicted molar refractivity (Wildman–Crippen MR) is 200 cm³/mol. The minimum atomic E-state index is -0.252. The van der Waals surface area contributed by atoms with E-state index in [-0.39, 0.29) is 23.7 Å². The maximum atomic E-state index is 14.2. The van der Waals surface area contributed by atoms with Gasteiger partial charge in [-0.25, -0.2) is 4.99 Å². The zero-order chi connectivity index (χ0) is 34.4. The second-order valence-electron chi connectivity index (χ2n) is 12.2. The highest BCUT2D eigenvalue weighted by molar-refractivity contribution is 8.13. The lowest BCUT2D eigenvalue weighted by Gasteiger charge is -2.22. The Hall–Kier alpha value is -5.26. The largest absolute Gasteiger partial charge is 0.466 e. The van der Waals surface area contributed by atoms with Gasteiger partial charge >= 0.3 is 5.97 Å². The Balaban J connectivity index is 1.04. The number of halogens is 1. The third-order valence-corrected chi connectivity index (χ3v) is 10.3. The summed E-state index contributed by atoms with van der Waals surface area (Å²) in [7, 11) is 0. The standard InChI is InChI=1S/C38H32ClN5O5S/c1-2-48-33(45)11-6-14-50-38-43-28-10-5-8-25-34-23(19-39)20-44(31(34)18-32(49-38)35(25)28)37(47)30-17-22-15-24(12-13-27(22)42-30)40-36(46)29-16-21-7-3-4-9-26(21)41-29/h3-5,7-10,12-13,15-18,23,41-42H,2,6,11,14,19-20H2,1H3,(H,40,46)/t23-/m1/s1. The third-order valence-electron chi connectivity index (χ3n) is 9.00. The van der Waals surface area contributed by atoms with E-state index >= 15 is 0 Å². The van der Waals surface area contributed by atoms with Crippen molar-refractivity contribution >= 4 is 96.0 Å². The van der Waals surface area contributed by atoms with Crippen LogP contribution in [0, 0.1) is 0 Å². The number of ether oxygens (including phenoxy) is 2. The summed E-state index contributed by atoms with van der Waals surface area (Å²) in [5, 5.41) is 7.04. The van der Waals surface area contributed by atoms with Crippen LogP contribution in [0.15, 0.2) is 83.9 Å². The van der Waals surface area contributed by atoms with E-state index in [0.717, 1.165) is 49.5 Å². The second kappa shape index (κ2) is 13.2. The van der Waals surface area contributed by atoms with E-state index < -0.39 is 0 Å². The number of aromatic nitrogens is 2. The molecule has 0 fully saturated rings. The van der Waals surface area contributed by atoms with Crippen molar-refractivity contribution in [2.45, 2.75) is 25.7 Å². The molecule has 2 amide bonds. The Kier molecular flexibility index (Phi) is 8.45. The van der Waals surface area contributed by atoms with E-state index in [4.69, 9.17) is 26.1 Å². The van der Waals surface area contributed by atoms with Crippen molar-refractivity contribution in [3.63, 3.8) is 0 Å². The quantitative estimate of drug-likeness (QED) is 0.0786. The zero-order valence-electron chi connectivity index (χ0n) is 27.0. The molecule has 4 heterocycles. The summed E-state index contributed by atoms with van der Waals surface area (Å²) in [6.07, 6.45) is 0.967. The molecule has 0 saturated heterocycles. The first kappa shape index (κ1) is 32.0. The molecule has 2 aliphatic heterocycles. The van der Waals surface area contributed by atoms with Crippen LogP contribution in [0.1, 0.15) is 52.2 Å². The van der Waals surface area contributed by atoms with Gasteiger partial charge < -0.3 is 29.7 Å². The molecule has 2 aliphatic rings. The van der Waals surface area contributed by atoms with Gasteiger partial charge in [0.1, 0.15) is 17.1 Å². The number of fused-ring (bicyclic) bond motifs is 4. The number of hydrogen-bond donors (Lipinski definition) is 3. The van der Waals surface area contributed by atoms with Crippen molar-refractivity contribution in [3.05, 3.63) is 95.8 Å². The number of nitrogens with one attached hydrogen (secondary N) is 3. The van der Waals surface area contributed by atoms with Crippen LogP contribution in [0.4, 0.5) is 17.1 Å². The maximum Gasteiger partial charge on any atom is 0.305 e. The molecule has 0 saturated carbocycles. The van der Waals surface area contributed by atoms with E-state index in [0.29, 0.717) is 65.7 Å². The van der Waals surface area contributed by atoms with E-state index in [1.54, 1.807) is 17.9 Å². The third kappa shape index (κ3) is 5.86. The van der Waals surface area contributed by atoms with Crippen LogP contribution in [-0.2, 0) is 9.53 Å². The normalized spacial score (nSPS) is 14.9. The van der Waals surface area contributed by atoms with Crippen molar-refractivity contribution in [3.8, 4) is 5.75 Å². The van der Waals surface area contributed by atoms with Gasteiger partial charge in [-0.2, -0.15) is 0 Å². The van der Waals surface area contributed by atoms with E-state index in [9.17, 15) is 14.4 Å². The predicted octanol–water partition coefficient (Wildman–Crippen LogP) is 8.49. The Bertz CT molecular complexity index is 2330. The minimum absolute atomic E-state index is 0.0848. The molecule has 8 rings (SSSR count). The molecule has 6 aromatic rings. The number of carbonyl (C=O) groups is 3. The average Bonchev–Trinajstić information content (AvgIpc) is 3.85. The lowest BCUT2D eigenvalue weighted by Crippen LogP contribution is -2.30. The first-order chi connectivity index (χ1) is 24.4. The van der Waals surface area contributed by atoms with Gasteiger partial charge in [-0.3, -0.25) is 14.4 Å². The molecule has 252 valence electrons. The van der Waals surface area contributed by atoms with Crippen molar-refractivity contribution in [2.75, 3.05) is 35.0 Å². The van der Waals surface area contributed by atoms with Crippen LogP contribution in [-0.4, -0.2) is 57.8 Å². The first-order valence-corrected chi connectivity index (χ1v) is 18.0. The molecule has 0 radical (unpaired) electrons. The molecule has 0 unspecified atom stereocenters. The van der Waals surface area contributed by atoms with E-state index in [2.05, 4.69) is 15.3 Å². The van der Waals surface area contributed by atoms with Crippen molar-refractivity contribution in [2.24, 2.45) is 4.99 Å². The van der Waals surface area contributed by atoms with Crippen LogP contribution in [0.25, 0.3) is 32.6 Å². The van der Waals surface area contributed by atoms with Gasteiger partial charge in [0.15, 0.2) is 0 Å². The highest BCUT2D eigenvalue weighted by atomic mass is 35.5. The number of esters is 1. The summed E-state index contributed by atoms with van der Waals surface area (Å²) < 4.78 is 11.3. The van der Waals surface area contributed by atoms with Gasteiger partial charge in [0.05, 0.1) is 23.4 Å². The molecule has 3 N–H and O–H groups in total. The number of alkyl halides is 1. The highest BCUT2D eigenvalue weighted by Crippen LogP contribution is 2.50. The summed E-state index contributed by atoms with van der Waals surface area (Å²) in [6, 6.07) is 24.7. The lowest BCUT2D eigenvalue weighted by molar-refractivity contribution is -0.143. The molecular weight excluding hydrogens is 674 g/mol. The summed E-state index contributed by atoms with van der Waals surface area (Å²) in [5.74, 6) is 0.857. The Morgan fingerprint density at radius 1 is 1.00 bits per heavy atom. The van der Waals surface area contributed by atoms with Gasteiger partial charge in [-0.1, -0.05) is 42.1 Å². The number of anilines is 2. The summed E-state index contributed by atoms with van der Waals surface area (Å²) >= 11 is 7.97. The van der Waals surface area contributed by atoms with Crippen LogP contribution in [0.5, 0.6) is 5.75 Å². The monoisotopic (exact) mass is 705 g/mol. The minimum Gasteiger partial charge on any atom is -0.466 e. The topological polar surface area (TPSA) is 129 Å². The van der Waals surface area contributed by atoms with Crippen LogP contribution in [0.2, 0.25) is 0 Å². The fraction of sp³-hybridized carbons (Fsp3) is 0.211. The molecule has 0 bridgehead atoms. The highest BCUT2D eigenvalue weighted by Gasteiger charge is 2.37. The fourth-order valence-corrected chi connectivity index (χ4v) is 7.77. The number of hydrogen-bond acceptors (Lipinski definition) is 7. The molecule has 2 aromatic heterocycles. The number of aromatic amines is 2. The Labute approximate surface area is 296 Å². The number of nitrogens with zero attached hydrogens (tertiary/aromatic N) is 2. The maximum absolute atomic E-state index is 14.2. The van der Waals surface area contributed by atoms with Crippen LogP contribution < -0.4 is 15.0 Å². The Morgan fingerprint density at radius 2 is 1.82 bits per heavy atom. The number of rotatable bonds is 9. The molecule has 12 heteroatoms. The molecule has 1 atom stereocenters. The van der Waals surface area contributed by atoms with Crippen LogP contribution >= 0.6 is 23.4 Å². The molecule has 0 spiro atoms. The Morgan fingerprint density at radius 3 is 2.66 bits per heavy atom. The first-order valence-electron chi connectivity index (χ1n) is 16.4. The van der Waals surface area contributed by atoms with E-state index in [1.807, 2.05) is 72.8 Å². The molecule has 50 heavy (non-hydrogen) atoms. The summed E-state index contributed by atoms with van der Waals surface area (Å²) in [6.45, 7) is 2.57. The molecule has 4 aromatic carbocycles. The zero-order valence-corrected chi connectivity index (χ0v) is 28.6. The number of thioether (sulfide) groups is 1. The van der Waals surface area contributed by atoms with Gasteiger partial charge in [0.25, 0.3) is 17.0 Å². The number of carbonyl (C=O) groups excluding carboxylic acids is 3. The second-order valence-corrected chi connectivity index (χ2v) is 13.6. The van der Waals surface area contributed by atoms with E-state index in [1.165, 1.54) is 11.8 Å². The molecule has 0 aliphatic carbocycles. The number of H-pyrrole nitrogens is 2. The van der Waals surface area contributed by atoms with Crippen molar-refractivity contribution in [1.82, 2.24) is 9.97 Å². The van der Waals surface area contributed by atoms with Crippen molar-refractivity contribution < 1.29 is 23.9 Å². The van der Waals surface area contributed by atoms with Gasteiger partial charge in [0, 0.05) is 64.1 Å². The number of benzene rings is 4. The van der Waals surface area contributed by atoms with Gasteiger partial charge in [0.2, 0.25) is 0 Å². The molecule has 10 nitrogen and oxygen atoms in total.